The van der Waals surface area contributed by atoms with Crippen molar-refractivity contribution in [3.63, 3.8) is 0 Å². The number of carbonyl (C=O) groups excluding carboxylic acids is 1. The Labute approximate surface area is 173 Å². The van der Waals surface area contributed by atoms with E-state index in [0.717, 1.165) is 38.0 Å². The summed E-state index contributed by atoms with van der Waals surface area (Å²) in [5.41, 5.74) is 4.48. The van der Waals surface area contributed by atoms with Crippen LogP contribution in [-0.2, 0) is 4.79 Å². The summed E-state index contributed by atoms with van der Waals surface area (Å²) in [6.45, 7) is 2.01. The van der Waals surface area contributed by atoms with Crippen molar-refractivity contribution in [2.45, 2.75) is 17.7 Å². The average molecular weight is 398 g/mol. The summed E-state index contributed by atoms with van der Waals surface area (Å²) in [5, 5.41) is 13.2. The Balaban J connectivity index is 1.65. The molecule has 0 aromatic heterocycles. The molecule has 2 aliphatic rings. The van der Waals surface area contributed by atoms with Crippen LogP contribution in [0.25, 0.3) is 0 Å². The lowest BCUT2D eigenvalue weighted by molar-refractivity contribution is -0.117. The van der Waals surface area contributed by atoms with Gasteiger partial charge < -0.3 is 5.32 Å². The molecule has 3 aromatic rings. The molecule has 4 nitrogen and oxygen atoms in total. The van der Waals surface area contributed by atoms with Gasteiger partial charge in [0.2, 0.25) is 5.91 Å². The molecule has 1 fully saturated rings. The Morgan fingerprint density at radius 3 is 2.34 bits per heavy atom. The lowest BCUT2D eigenvalue weighted by Gasteiger charge is -2.16. The number of anilines is 2. The number of hydrogen-bond acceptors (Lipinski definition) is 4. The third kappa shape index (κ3) is 2.95. The van der Waals surface area contributed by atoms with Crippen molar-refractivity contribution in [2.75, 3.05) is 10.2 Å². The molecule has 0 unspecified atom stereocenters. The number of nitrogens with zero attached hydrogens (tertiary/aromatic N) is 1. The van der Waals surface area contributed by atoms with Gasteiger partial charge in [0, 0.05) is 10.5 Å². The molecule has 3 aromatic carbocycles. The monoisotopic (exact) mass is 397 g/mol. The van der Waals surface area contributed by atoms with Crippen molar-refractivity contribution in [1.82, 2.24) is 0 Å². The normalized spacial score (nSPS) is 20.7. The molecule has 0 spiro atoms. The molecule has 1 saturated heterocycles. The van der Waals surface area contributed by atoms with Crippen molar-refractivity contribution in [3.8, 4) is 0 Å². The van der Waals surface area contributed by atoms with E-state index in [1.54, 1.807) is 11.8 Å². The maximum absolute atomic E-state index is 13.6. The minimum absolute atomic E-state index is 0.0918. The van der Waals surface area contributed by atoms with Crippen molar-refractivity contribution in [2.24, 2.45) is 0 Å². The van der Waals surface area contributed by atoms with Gasteiger partial charge in [0.05, 0.1) is 22.3 Å². The van der Waals surface area contributed by atoms with Crippen LogP contribution in [0, 0.1) is 12.3 Å². The van der Waals surface area contributed by atoms with Crippen molar-refractivity contribution < 1.29 is 4.79 Å². The van der Waals surface area contributed by atoms with Crippen LogP contribution in [0.15, 0.2) is 94.4 Å². The van der Waals surface area contributed by atoms with E-state index in [0.29, 0.717) is 0 Å². The molecule has 0 radical (unpaired) electrons. The maximum Gasteiger partial charge on any atom is 0.244 e. The quantitative estimate of drug-likeness (QED) is 0.598. The highest BCUT2D eigenvalue weighted by Gasteiger charge is 2.45. The van der Waals surface area contributed by atoms with E-state index in [2.05, 4.69) is 11.4 Å². The Bertz CT molecular complexity index is 1130. The van der Waals surface area contributed by atoms with Crippen LogP contribution >= 0.6 is 11.8 Å². The van der Waals surface area contributed by atoms with Gasteiger partial charge in [0.25, 0.3) is 0 Å². The second-order valence-corrected chi connectivity index (χ2v) is 8.22. The summed E-state index contributed by atoms with van der Waals surface area (Å²) in [6.07, 6.45) is 0. The molecule has 29 heavy (non-hydrogen) atoms. The van der Waals surface area contributed by atoms with Crippen LogP contribution in [0.4, 0.5) is 11.4 Å². The summed E-state index contributed by atoms with van der Waals surface area (Å²) in [7, 11) is 0. The van der Waals surface area contributed by atoms with E-state index in [-0.39, 0.29) is 11.7 Å². The molecule has 1 atom stereocenters. The van der Waals surface area contributed by atoms with E-state index >= 15 is 0 Å². The first-order valence-electron chi connectivity index (χ1n) is 9.46. The number of nitrogens with one attached hydrogen (secondary N) is 2. The van der Waals surface area contributed by atoms with Gasteiger partial charge in [-0.3, -0.25) is 15.1 Å². The standard InChI is InChI=1S/C24H19N3OS/c1-15-11-13-17(14-12-15)27-22(25)21(20(24(27)28)16-7-3-2-4-8-16)23-26-18-9-5-6-10-19(18)29-23/h2-14,20,25-26H,1H3/t20-/m0/s1. The van der Waals surface area contributed by atoms with Crippen molar-refractivity contribution in [3.05, 3.63) is 101 Å². The Morgan fingerprint density at radius 1 is 0.931 bits per heavy atom. The van der Waals surface area contributed by atoms with Gasteiger partial charge in [-0.1, -0.05) is 71.9 Å². The number of amidine groups is 1. The maximum atomic E-state index is 13.6. The van der Waals surface area contributed by atoms with Gasteiger partial charge in [-0.2, -0.15) is 0 Å². The molecular weight excluding hydrogens is 378 g/mol. The molecule has 0 bridgehead atoms. The van der Waals surface area contributed by atoms with Crippen molar-refractivity contribution >= 4 is 34.9 Å². The first kappa shape index (κ1) is 17.8. The largest absolute Gasteiger partial charge is 0.349 e. The molecule has 2 heterocycles. The third-order valence-corrected chi connectivity index (χ3v) is 6.35. The minimum Gasteiger partial charge on any atom is -0.349 e. The Hall–Kier alpha value is -3.31. The van der Waals surface area contributed by atoms with E-state index in [1.807, 2.05) is 79.7 Å². The number of amides is 1. The lowest BCUT2D eigenvalue weighted by Crippen LogP contribution is -2.29. The zero-order valence-electron chi connectivity index (χ0n) is 15.8. The van der Waals surface area contributed by atoms with Gasteiger partial charge in [0.1, 0.15) is 5.84 Å². The fourth-order valence-electron chi connectivity index (χ4n) is 3.80. The fraction of sp³-hybridized carbons (Fsp3) is 0.0833. The second-order valence-electron chi connectivity index (χ2n) is 7.17. The highest BCUT2D eigenvalue weighted by Crippen LogP contribution is 2.48. The topological polar surface area (TPSA) is 56.2 Å². The number of carbonyl (C=O) groups is 1. The van der Waals surface area contributed by atoms with Gasteiger partial charge in [0.15, 0.2) is 0 Å². The lowest BCUT2D eigenvalue weighted by atomic mass is 9.93. The first-order chi connectivity index (χ1) is 14.1. The van der Waals surface area contributed by atoms with E-state index in [1.165, 1.54) is 4.90 Å². The average Bonchev–Trinajstić information content (AvgIpc) is 3.27. The zero-order chi connectivity index (χ0) is 20.0. The minimum atomic E-state index is -0.505. The van der Waals surface area contributed by atoms with E-state index in [4.69, 9.17) is 5.41 Å². The summed E-state index contributed by atoms with van der Waals surface area (Å²) < 4.78 is 0. The van der Waals surface area contributed by atoms with Crippen molar-refractivity contribution in [1.29, 1.82) is 5.41 Å². The van der Waals surface area contributed by atoms with Crippen LogP contribution in [-0.4, -0.2) is 11.7 Å². The summed E-state index contributed by atoms with van der Waals surface area (Å²) in [6, 6.07) is 25.5. The molecule has 0 saturated carbocycles. The number of hydrogen-bond donors (Lipinski definition) is 2. The molecule has 5 heteroatoms. The highest BCUT2D eigenvalue weighted by molar-refractivity contribution is 8.03. The second kappa shape index (κ2) is 6.94. The summed E-state index contributed by atoms with van der Waals surface area (Å²) >= 11 is 1.59. The molecule has 5 rings (SSSR count). The number of fused-ring (bicyclic) bond motifs is 1. The zero-order valence-corrected chi connectivity index (χ0v) is 16.7. The Morgan fingerprint density at radius 2 is 1.62 bits per heavy atom. The summed E-state index contributed by atoms with van der Waals surface area (Å²) in [5.74, 6) is -0.365. The molecule has 1 amide bonds. The van der Waals surface area contributed by atoms with Crippen LogP contribution in [0.1, 0.15) is 17.0 Å². The third-order valence-electron chi connectivity index (χ3n) is 5.25. The predicted octanol–water partition coefficient (Wildman–Crippen LogP) is 5.53. The SMILES string of the molecule is Cc1ccc(N2C(=N)C(=C3Nc4ccccc4S3)[C@H](c3ccccc3)C2=O)cc1. The molecule has 0 aliphatic carbocycles. The number of benzene rings is 3. The van der Waals surface area contributed by atoms with Gasteiger partial charge in [-0.05, 0) is 36.8 Å². The smallest absolute Gasteiger partial charge is 0.244 e. The molecule has 2 N–H and O–H groups in total. The van der Waals surface area contributed by atoms with E-state index < -0.39 is 5.92 Å². The van der Waals surface area contributed by atoms with Crippen LogP contribution < -0.4 is 10.2 Å². The number of para-hydroxylation sites is 1. The first-order valence-corrected chi connectivity index (χ1v) is 10.3. The Kier molecular flexibility index (Phi) is 4.25. The van der Waals surface area contributed by atoms with Gasteiger partial charge in [-0.15, -0.1) is 0 Å². The predicted molar refractivity (Wildman–Crippen MR) is 119 cm³/mol. The fourth-order valence-corrected chi connectivity index (χ4v) is 4.88. The summed E-state index contributed by atoms with van der Waals surface area (Å²) in [4.78, 5) is 16.2. The van der Waals surface area contributed by atoms with Gasteiger partial charge in [-0.25, -0.2) is 0 Å². The van der Waals surface area contributed by atoms with Crippen LogP contribution in [0.3, 0.4) is 0 Å². The van der Waals surface area contributed by atoms with Crippen LogP contribution in [0.5, 0.6) is 0 Å². The number of thioether (sulfide) groups is 1. The number of aryl methyl sites for hydroxylation is 1. The molecule has 142 valence electrons. The number of rotatable bonds is 2. The van der Waals surface area contributed by atoms with Crippen LogP contribution in [0.2, 0.25) is 0 Å². The van der Waals surface area contributed by atoms with E-state index in [9.17, 15) is 4.79 Å². The molecular formula is C24H19N3OS. The molecule has 2 aliphatic heterocycles. The van der Waals surface area contributed by atoms with Gasteiger partial charge >= 0.3 is 0 Å². The highest BCUT2D eigenvalue weighted by atomic mass is 32.2.